The van der Waals surface area contributed by atoms with Crippen molar-refractivity contribution in [1.29, 1.82) is 0 Å². The Bertz CT molecular complexity index is 1120. The normalized spacial score (nSPS) is 24.8. The van der Waals surface area contributed by atoms with Crippen LogP contribution in [-0.4, -0.2) is 61.7 Å². The number of rotatable bonds is 7. The lowest BCUT2D eigenvalue weighted by molar-refractivity contribution is -0.134. The third-order valence-corrected chi connectivity index (χ3v) is 7.56. The van der Waals surface area contributed by atoms with Gasteiger partial charge in [0.1, 0.15) is 10.6 Å². The average Bonchev–Trinajstić information content (AvgIpc) is 3.20. The maximum absolute atomic E-state index is 12.8. The van der Waals surface area contributed by atoms with E-state index in [1.54, 1.807) is 11.3 Å². The fraction of sp³-hybridized carbons (Fsp3) is 0.545. The number of anilines is 3. The molecular weight excluding hydrogens is 424 g/mol. The minimum atomic E-state index is 0.264. The van der Waals surface area contributed by atoms with E-state index in [1.165, 1.54) is 12.8 Å². The summed E-state index contributed by atoms with van der Waals surface area (Å²) in [5.41, 5.74) is 0.991. The summed E-state index contributed by atoms with van der Waals surface area (Å²) in [5.74, 6) is 2.39. The maximum atomic E-state index is 12.8. The highest BCUT2D eigenvalue weighted by atomic mass is 32.1. The molecule has 1 saturated carbocycles. The lowest BCUT2D eigenvalue weighted by Crippen LogP contribution is -2.52. The fourth-order valence-corrected chi connectivity index (χ4v) is 5.88. The molecule has 0 spiro atoms. The summed E-state index contributed by atoms with van der Waals surface area (Å²) in [4.78, 5) is 25.4. The number of amides is 1. The number of hydrogen-bond acceptors (Lipinski definition) is 8. The SMILES string of the molecule is Cc1cc(Nc2nc(N[C@@H]3C[C@H]4CC[C@@H](C3)N4C(=O)CNC3CC3)nc3sccc23)n[nH]1. The largest absolute Gasteiger partial charge is 0.351 e. The predicted molar refractivity (Wildman–Crippen MR) is 125 cm³/mol. The van der Waals surface area contributed by atoms with Crippen LogP contribution >= 0.6 is 11.3 Å². The first-order valence-electron chi connectivity index (χ1n) is 11.5. The van der Waals surface area contributed by atoms with Gasteiger partial charge in [-0.15, -0.1) is 11.3 Å². The molecule has 3 atom stereocenters. The Hall–Kier alpha value is -2.72. The van der Waals surface area contributed by atoms with E-state index in [2.05, 4.69) is 31.0 Å². The Kier molecular flexibility index (Phi) is 4.98. The maximum Gasteiger partial charge on any atom is 0.237 e. The Labute approximate surface area is 190 Å². The van der Waals surface area contributed by atoms with Crippen LogP contribution in [0.25, 0.3) is 10.2 Å². The first kappa shape index (κ1) is 19.9. The third-order valence-electron chi connectivity index (χ3n) is 6.75. The fourth-order valence-electron chi connectivity index (χ4n) is 5.11. The molecule has 1 amide bonds. The summed E-state index contributed by atoms with van der Waals surface area (Å²) < 4.78 is 0. The Morgan fingerprint density at radius 3 is 2.72 bits per heavy atom. The number of carbonyl (C=O) groups excluding carboxylic acids is 1. The average molecular weight is 453 g/mol. The van der Waals surface area contributed by atoms with Crippen molar-refractivity contribution in [3.63, 3.8) is 0 Å². The molecule has 5 heterocycles. The molecule has 1 aliphatic carbocycles. The number of nitrogens with one attached hydrogen (secondary N) is 4. The minimum absolute atomic E-state index is 0.264. The van der Waals surface area contributed by atoms with Crippen LogP contribution in [0.2, 0.25) is 0 Å². The Morgan fingerprint density at radius 1 is 1.19 bits per heavy atom. The zero-order valence-electron chi connectivity index (χ0n) is 18.1. The van der Waals surface area contributed by atoms with Gasteiger partial charge in [0.2, 0.25) is 11.9 Å². The summed E-state index contributed by atoms with van der Waals surface area (Å²) in [6.45, 7) is 2.45. The topological polar surface area (TPSA) is 111 Å². The minimum Gasteiger partial charge on any atom is -0.351 e. The van der Waals surface area contributed by atoms with E-state index < -0.39 is 0 Å². The van der Waals surface area contributed by atoms with Crippen LogP contribution < -0.4 is 16.0 Å². The summed E-state index contributed by atoms with van der Waals surface area (Å²) in [5, 5.41) is 20.5. The van der Waals surface area contributed by atoms with Crippen molar-refractivity contribution < 1.29 is 4.79 Å². The van der Waals surface area contributed by atoms with Crippen LogP contribution in [0.3, 0.4) is 0 Å². The summed E-state index contributed by atoms with van der Waals surface area (Å²) in [6, 6.07) is 5.45. The number of fused-ring (bicyclic) bond motifs is 3. The van der Waals surface area contributed by atoms with Gasteiger partial charge in [-0.05, 0) is 56.9 Å². The van der Waals surface area contributed by atoms with Crippen LogP contribution in [0.5, 0.6) is 0 Å². The monoisotopic (exact) mass is 452 g/mol. The van der Waals surface area contributed by atoms with Crippen molar-refractivity contribution in [3.8, 4) is 0 Å². The molecule has 3 aromatic heterocycles. The lowest BCUT2D eigenvalue weighted by Gasteiger charge is -2.39. The van der Waals surface area contributed by atoms with Crippen LogP contribution in [0.4, 0.5) is 17.6 Å². The van der Waals surface area contributed by atoms with Gasteiger partial charge in [0, 0.05) is 35.9 Å². The van der Waals surface area contributed by atoms with Crippen LogP contribution in [0.1, 0.15) is 44.2 Å². The van der Waals surface area contributed by atoms with Gasteiger partial charge in [0.05, 0.1) is 11.9 Å². The molecule has 168 valence electrons. The molecule has 2 saturated heterocycles. The van der Waals surface area contributed by atoms with Crippen molar-refractivity contribution in [2.24, 2.45) is 0 Å². The highest BCUT2D eigenvalue weighted by Gasteiger charge is 2.43. The first-order valence-corrected chi connectivity index (χ1v) is 12.4. The number of aryl methyl sites for hydroxylation is 1. The number of carbonyl (C=O) groups is 1. The van der Waals surface area contributed by atoms with Crippen molar-refractivity contribution in [3.05, 3.63) is 23.2 Å². The highest BCUT2D eigenvalue weighted by molar-refractivity contribution is 7.16. The zero-order valence-corrected chi connectivity index (χ0v) is 18.9. The number of aromatic nitrogens is 4. The number of piperidine rings is 1. The van der Waals surface area contributed by atoms with Gasteiger partial charge in [0.25, 0.3) is 0 Å². The van der Waals surface area contributed by atoms with E-state index in [0.29, 0.717) is 30.6 Å². The van der Waals surface area contributed by atoms with Crippen LogP contribution in [-0.2, 0) is 4.79 Å². The number of hydrogen-bond donors (Lipinski definition) is 4. The van der Waals surface area contributed by atoms with Crippen molar-refractivity contribution in [2.75, 3.05) is 17.2 Å². The first-order chi connectivity index (χ1) is 15.6. The van der Waals surface area contributed by atoms with Gasteiger partial charge < -0.3 is 20.9 Å². The number of nitrogens with zero attached hydrogens (tertiary/aromatic N) is 4. The predicted octanol–water partition coefficient (Wildman–Crippen LogP) is 3.15. The van der Waals surface area contributed by atoms with E-state index >= 15 is 0 Å². The molecule has 3 aromatic rings. The summed E-state index contributed by atoms with van der Waals surface area (Å²) in [6.07, 6.45) is 6.48. The molecule has 0 radical (unpaired) electrons. The van der Waals surface area contributed by atoms with E-state index in [9.17, 15) is 4.79 Å². The second-order valence-corrected chi connectivity index (χ2v) is 10.1. The number of H-pyrrole nitrogens is 1. The lowest BCUT2D eigenvalue weighted by atomic mass is 9.97. The smallest absolute Gasteiger partial charge is 0.237 e. The Morgan fingerprint density at radius 2 is 2.00 bits per heavy atom. The molecular formula is C22H28N8OS. The van der Waals surface area contributed by atoms with Crippen molar-refractivity contribution in [1.82, 2.24) is 30.4 Å². The number of aromatic amines is 1. The molecule has 9 nitrogen and oxygen atoms in total. The number of thiophene rings is 1. The molecule has 3 fully saturated rings. The molecule has 0 unspecified atom stereocenters. The molecule has 2 bridgehead atoms. The van der Waals surface area contributed by atoms with Crippen molar-refractivity contribution >= 4 is 45.0 Å². The van der Waals surface area contributed by atoms with Gasteiger partial charge in [-0.3, -0.25) is 9.89 Å². The quantitative estimate of drug-likeness (QED) is 0.436. The second kappa shape index (κ2) is 8.00. The van der Waals surface area contributed by atoms with Gasteiger partial charge in [0.15, 0.2) is 5.82 Å². The summed E-state index contributed by atoms with van der Waals surface area (Å²) >= 11 is 1.60. The molecule has 2 aliphatic heterocycles. The van der Waals surface area contributed by atoms with Crippen LogP contribution in [0.15, 0.2) is 17.5 Å². The molecule has 6 rings (SSSR count). The molecule has 3 aliphatic rings. The van der Waals surface area contributed by atoms with E-state index in [-0.39, 0.29) is 11.9 Å². The van der Waals surface area contributed by atoms with E-state index in [0.717, 1.165) is 53.2 Å². The van der Waals surface area contributed by atoms with E-state index in [4.69, 9.17) is 9.97 Å². The van der Waals surface area contributed by atoms with Crippen molar-refractivity contribution in [2.45, 2.75) is 69.6 Å². The zero-order chi connectivity index (χ0) is 21.7. The third kappa shape index (κ3) is 3.93. The van der Waals surface area contributed by atoms with Gasteiger partial charge in [-0.2, -0.15) is 10.1 Å². The standard InChI is InChI=1S/C22H28N8OS/c1-12-8-18(29-28-12)25-20-17-6-7-32-21(17)27-22(26-20)24-14-9-15-4-5-16(10-14)30(15)19(31)11-23-13-2-3-13/h6-8,13-16,23H,2-5,9-11H2,1H3,(H3,24,25,26,27,28,29)/t14-,15-,16+. The Balaban J connectivity index is 1.16. The van der Waals surface area contributed by atoms with E-state index in [1.807, 2.05) is 24.4 Å². The highest BCUT2D eigenvalue weighted by Crippen LogP contribution is 2.37. The molecule has 0 aromatic carbocycles. The van der Waals surface area contributed by atoms with Gasteiger partial charge >= 0.3 is 0 Å². The molecule has 10 heteroatoms. The van der Waals surface area contributed by atoms with Gasteiger partial charge in [-0.1, -0.05) is 0 Å². The second-order valence-electron chi connectivity index (χ2n) is 9.25. The molecule has 4 N–H and O–H groups in total. The molecule has 32 heavy (non-hydrogen) atoms. The summed E-state index contributed by atoms with van der Waals surface area (Å²) in [7, 11) is 0. The van der Waals surface area contributed by atoms with Crippen LogP contribution in [0, 0.1) is 6.92 Å². The van der Waals surface area contributed by atoms with Gasteiger partial charge in [-0.25, -0.2) is 4.98 Å².